The first-order valence-corrected chi connectivity index (χ1v) is 9.39. The van der Waals surface area contributed by atoms with Gasteiger partial charge >= 0.3 is 0 Å². The molecule has 2 aliphatic rings. The van der Waals surface area contributed by atoms with Gasteiger partial charge in [0.05, 0.1) is 4.90 Å². The third kappa shape index (κ3) is 1.96. The van der Waals surface area contributed by atoms with Crippen LogP contribution in [0.5, 0.6) is 0 Å². The highest BCUT2D eigenvalue weighted by atomic mass is 32.2. The third-order valence-corrected chi connectivity index (χ3v) is 6.97. The molecule has 2 heterocycles. The molecule has 2 aliphatic heterocycles. The van der Waals surface area contributed by atoms with E-state index in [0.717, 1.165) is 11.3 Å². The molecule has 2 atom stereocenters. The molecule has 126 valence electrons. The van der Waals surface area contributed by atoms with Crippen LogP contribution in [-0.2, 0) is 15.7 Å². The fourth-order valence-corrected chi connectivity index (χ4v) is 5.54. The van der Waals surface area contributed by atoms with E-state index in [1.54, 1.807) is 48.3 Å². The van der Waals surface area contributed by atoms with Gasteiger partial charge in [0.1, 0.15) is 6.17 Å². The molecule has 2 aromatic rings. The number of alkyl halides is 1. The van der Waals surface area contributed by atoms with Gasteiger partial charge in [-0.3, -0.25) is 0 Å². The van der Waals surface area contributed by atoms with Crippen LogP contribution in [0.15, 0.2) is 53.4 Å². The molecule has 4 rings (SSSR count). The number of fused-ring (bicyclic) bond motifs is 3. The summed E-state index contributed by atoms with van der Waals surface area (Å²) in [4.78, 5) is 1.95. The zero-order valence-electron chi connectivity index (χ0n) is 13.6. The lowest BCUT2D eigenvalue weighted by Gasteiger charge is -2.31. The lowest BCUT2D eigenvalue weighted by atomic mass is 9.95. The molecule has 0 bridgehead atoms. The Kier molecular flexibility index (Phi) is 3.27. The predicted octanol–water partition coefficient (Wildman–Crippen LogP) is 3.03. The molecule has 0 amide bonds. The Balaban J connectivity index is 1.79. The van der Waals surface area contributed by atoms with E-state index in [1.807, 2.05) is 19.1 Å². The lowest BCUT2D eigenvalue weighted by molar-refractivity contribution is 0.138. The van der Waals surface area contributed by atoms with E-state index in [4.69, 9.17) is 0 Å². The molecule has 24 heavy (non-hydrogen) atoms. The lowest BCUT2D eigenvalue weighted by Crippen LogP contribution is -2.49. The molecule has 4 nitrogen and oxygen atoms in total. The van der Waals surface area contributed by atoms with Gasteiger partial charge in [0.2, 0.25) is 10.0 Å². The number of aryl methyl sites for hydroxylation is 1. The van der Waals surface area contributed by atoms with Gasteiger partial charge in [-0.1, -0.05) is 35.9 Å². The van der Waals surface area contributed by atoms with E-state index in [1.165, 1.54) is 4.31 Å². The van der Waals surface area contributed by atoms with Crippen LogP contribution in [0.4, 0.5) is 10.1 Å². The Bertz CT molecular complexity index is 897. The number of hydrogen-bond donors (Lipinski definition) is 0. The molecule has 1 saturated heterocycles. The van der Waals surface area contributed by atoms with Crippen LogP contribution in [0.2, 0.25) is 0 Å². The van der Waals surface area contributed by atoms with Crippen molar-refractivity contribution in [3.63, 3.8) is 0 Å². The van der Waals surface area contributed by atoms with E-state index in [2.05, 4.69) is 0 Å². The van der Waals surface area contributed by atoms with Crippen molar-refractivity contribution in [2.45, 2.75) is 30.1 Å². The number of rotatable bonds is 2. The Morgan fingerprint density at radius 2 is 1.79 bits per heavy atom. The topological polar surface area (TPSA) is 40.6 Å². The predicted molar refractivity (Wildman–Crippen MR) is 91.1 cm³/mol. The van der Waals surface area contributed by atoms with Gasteiger partial charge < -0.3 is 4.90 Å². The number of likely N-dealkylation sites (N-methyl/N-ethyl adjacent to an activating group) is 1. The zero-order chi connectivity index (χ0) is 17.1. The van der Waals surface area contributed by atoms with E-state index >= 15 is 4.39 Å². The minimum atomic E-state index is -3.75. The maximum atomic E-state index is 15.8. The highest BCUT2D eigenvalue weighted by Gasteiger charge is 2.60. The first-order valence-electron chi connectivity index (χ1n) is 7.95. The second kappa shape index (κ2) is 5.04. The summed E-state index contributed by atoms with van der Waals surface area (Å²) in [6.45, 7) is 2.08. The van der Waals surface area contributed by atoms with Crippen molar-refractivity contribution in [3.05, 3.63) is 59.7 Å². The molecule has 2 aromatic carbocycles. The Hall–Kier alpha value is -1.92. The molecule has 0 aliphatic carbocycles. The van der Waals surface area contributed by atoms with Crippen molar-refractivity contribution in [1.82, 2.24) is 4.31 Å². The molecular formula is C18H19FN2O2S. The average molecular weight is 346 g/mol. The summed E-state index contributed by atoms with van der Waals surface area (Å²) in [6.07, 6.45) is -0.661. The number of sulfonamides is 1. The van der Waals surface area contributed by atoms with Gasteiger partial charge in [-0.05, 0) is 25.1 Å². The largest absolute Gasteiger partial charge is 0.355 e. The van der Waals surface area contributed by atoms with E-state index in [0.29, 0.717) is 5.56 Å². The number of hydrogen-bond acceptors (Lipinski definition) is 3. The summed E-state index contributed by atoms with van der Waals surface area (Å²) >= 11 is 0. The van der Waals surface area contributed by atoms with Gasteiger partial charge in [0.25, 0.3) is 0 Å². The molecule has 6 heteroatoms. The average Bonchev–Trinajstić information content (AvgIpc) is 3.03. The molecule has 0 N–H and O–H groups in total. The second-order valence-corrected chi connectivity index (χ2v) is 8.43. The Labute approximate surface area is 141 Å². The standard InChI is InChI=1S/C18H19FN2O2S/c1-13-7-9-14(10-8-13)24(22,23)21-12-11-18(19)15-5-3-4-6-16(15)20(2)17(18)21/h3-10,17H,11-12H2,1-2H3/t17-,18+/m0/s1. The van der Waals surface area contributed by atoms with Gasteiger partial charge in [-0.2, -0.15) is 4.31 Å². The monoisotopic (exact) mass is 346 g/mol. The molecule has 0 unspecified atom stereocenters. The van der Waals surface area contributed by atoms with Crippen molar-refractivity contribution in [3.8, 4) is 0 Å². The Morgan fingerprint density at radius 3 is 2.50 bits per heavy atom. The maximum Gasteiger partial charge on any atom is 0.244 e. The minimum absolute atomic E-state index is 0.171. The summed E-state index contributed by atoms with van der Waals surface area (Å²) in [7, 11) is -1.99. The summed E-state index contributed by atoms with van der Waals surface area (Å²) in [6, 6.07) is 13.9. The molecular weight excluding hydrogens is 327 g/mol. The maximum absolute atomic E-state index is 15.8. The minimum Gasteiger partial charge on any atom is -0.355 e. The number of benzene rings is 2. The summed E-state index contributed by atoms with van der Waals surface area (Å²) in [5.41, 5.74) is 0.664. The summed E-state index contributed by atoms with van der Waals surface area (Å²) in [5, 5.41) is 0. The van der Waals surface area contributed by atoms with Crippen LogP contribution in [0.25, 0.3) is 0 Å². The highest BCUT2D eigenvalue weighted by Crippen LogP contribution is 2.53. The molecule has 0 saturated carbocycles. The number of para-hydroxylation sites is 1. The normalized spacial score (nSPS) is 26.5. The number of anilines is 1. The van der Waals surface area contributed by atoms with Gasteiger partial charge in [-0.25, -0.2) is 12.8 Å². The van der Waals surface area contributed by atoms with Gasteiger partial charge in [0.15, 0.2) is 5.67 Å². The third-order valence-electron chi connectivity index (χ3n) is 5.10. The quantitative estimate of drug-likeness (QED) is 0.839. The molecule has 1 fully saturated rings. The molecule has 0 spiro atoms. The van der Waals surface area contributed by atoms with Crippen LogP contribution in [0.3, 0.4) is 0 Å². The van der Waals surface area contributed by atoms with Gasteiger partial charge in [0, 0.05) is 31.3 Å². The number of halogens is 1. The van der Waals surface area contributed by atoms with Crippen molar-refractivity contribution in [2.75, 3.05) is 18.5 Å². The van der Waals surface area contributed by atoms with Crippen LogP contribution in [-0.4, -0.2) is 32.5 Å². The fourth-order valence-electron chi connectivity index (χ4n) is 3.89. The summed E-state index contributed by atoms with van der Waals surface area (Å²) < 4.78 is 43.2. The number of nitrogens with zero attached hydrogens (tertiary/aromatic N) is 2. The fraction of sp³-hybridized carbons (Fsp3) is 0.333. The SMILES string of the molecule is Cc1ccc(S(=O)(=O)N2CC[C@@]3(F)c4ccccc4N(C)[C@@H]23)cc1. The second-order valence-electron chi connectivity index (χ2n) is 6.54. The Morgan fingerprint density at radius 1 is 1.12 bits per heavy atom. The first kappa shape index (κ1) is 15.6. The smallest absolute Gasteiger partial charge is 0.244 e. The van der Waals surface area contributed by atoms with E-state index in [-0.39, 0.29) is 17.9 Å². The first-order chi connectivity index (χ1) is 11.4. The van der Waals surface area contributed by atoms with Crippen molar-refractivity contribution >= 4 is 15.7 Å². The van der Waals surface area contributed by atoms with E-state index < -0.39 is 21.9 Å². The molecule has 0 radical (unpaired) electrons. The van der Waals surface area contributed by atoms with Crippen molar-refractivity contribution in [1.29, 1.82) is 0 Å². The summed E-state index contributed by atoms with van der Waals surface area (Å²) in [5.74, 6) is 0. The van der Waals surface area contributed by atoms with Crippen LogP contribution in [0.1, 0.15) is 17.5 Å². The van der Waals surface area contributed by atoms with Gasteiger partial charge in [-0.15, -0.1) is 0 Å². The zero-order valence-corrected chi connectivity index (χ0v) is 14.4. The van der Waals surface area contributed by atoms with Crippen LogP contribution >= 0.6 is 0 Å². The van der Waals surface area contributed by atoms with Crippen LogP contribution < -0.4 is 4.90 Å². The van der Waals surface area contributed by atoms with E-state index in [9.17, 15) is 8.42 Å². The molecule has 0 aromatic heterocycles. The van der Waals surface area contributed by atoms with Crippen molar-refractivity contribution in [2.24, 2.45) is 0 Å². The van der Waals surface area contributed by atoms with Crippen molar-refractivity contribution < 1.29 is 12.8 Å². The van der Waals surface area contributed by atoms with Crippen LogP contribution in [0, 0.1) is 6.92 Å². The highest BCUT2D eigenvalue weighted by molar-refractivity contribution is 7.89.